The maximum absolute atomic E-state index is 12.8. The van der Waals surface area contributed by atoms with Gasteiger partial charge in [-0.1, -0.05) is 0 Å². The van der Waals surface area contributed by atoms with Crippen LogP contribution in [0.1, 0.15) is 52.2 Å². The predicted octanol–water partition coefficient (Wildman–Crippen LogP) is 2.69. The molecule has 2 saturated heterocycles. The van der Waals surface area contributed by atoms with Gasteiger partial charge in [-0.05, 0) is 38.8 Å². The van der Waals surface area contributed by atoms with Crippen LogP contribution in [-0.4, -0.2) is 67.3 Å². The Morgan fingerprint density at radius 3 is 2.57 bits per heavy atom. The number of hydrogen-bond acceptors (Lipinski definition) is 7. The van der Waals surface area contributed by atoms with Crippen LogP contribution >= 0.6 is 0 Å². The van der Waals surface area contributed by atoms with Crippen LogP contribution in [0.15, 0.2) is 16.5 Å². The van der Waals surface area contributed by atoms with Crippen molar-refractivity contribution < 1.29 is 18.7 Å². The first-order valence-corrected chi connectivity index (χ1v) is 10.6. The van der Waals surface area contributed by atoms with E-state index in [1.54, 1.807) is 19.2 Å². The summed E-state index contributed by atoms with van der Waals surface area (Å²) < 4.78 is 16.2. The number of carbonyl (C=O) groups excluding carboxylic acids is 1. The lowest BCUT2D eigenvalue weighted by molar-refractivity contribution is 0.0671. The minimum atomic E-state index is -0.0641. The Balaban J connectivity index is 1.43. The fraction of sp³-hybridized carbons (Fsp3) is 0.591. The number of aromatic nitrogens is 2. The molecular formula is C22H30N4O4. The number of hydrogen-bond donors (Lipinski definition) is 0. The number of rotatable bonds is 5. The van der Waals surface area contributed by atoms with Gasteiger partial charge in [0.15, 0.2) is 5.76 Å². The van der Waals surface area contributed by atoms with Gasteiger partial charge in [0.1, 0.15) is 24.0 Å². The molecule has 0 radical (unpaired) electrons. The lowest BCUT2D eigenvalue weighted by Gasteiger charge is -2.33. The lowest BCUT2D eigenvalue weighted by atomic mass is 9.95. The summed E-state index contributed by atoms with van der Waals surface area (Å²) in [7, 11) is 1.61. The van der Waals surface area contributed by atoms with E-state index in [0.717, 1.165) is 62.0 Å². The number of methoxy groups -OCH3 is 1. The number of nitrogens with zero attached hydrogens (tertiary/aromatic N) is 4. The first-order valence-electron chi connectivity index (χ1n) is 10.6. The maximum Gasteiger partial charge on any atom is 0.289 e. The molecule has 4 heterocycles. The molecule has 0 bridgehead atoms. The molecule has 0 atom stereocenters. The third-order valence-electron chi connectivity index (χ3n) is 6.00. The summed E-state index contributed by atoms with van der Waals surface area (Å²) in [4.78, 5) is 26.7. The molecule has 1 amide bonds. The average molecular weight is 415 g/mol. The summed E-state index contributed by atoms with van der Waals surface area (Å²) >= 11 is 0. The summed E-state index contributed by atoms with van der Waals surface area (Å²) in [5.41, 5.74) is 2.17. The number of furan rings is 1. The highest BCUT2D eigenvalue weighted by atomic mass is 16.5. The van der Waals surface area contributed by atoms with Crippen LogP contribution in [0.3, 0.4) is 0 Å². The minimum absolute atomic E-state index is 0.0641. The molecule has 0 N–H and O–H groups in total. The van der Waals surface area contributed by atoms with E-state index in [1.165, 1.54) is 0 Å². The van der Waals surface area contributed by atoms with E-state index in [4.69, 9.17) is 23.9 Å². The van der Waals surface area contributed by atoms with E-state index in [2.05, 4.69) is 18.7 Å². The van der Waals surface area contributed by atoms with Crippen LogP contribution in [0.5, 0.6) is 0 Å². The Morgan fingerprint density at radius 2 is 1.87 bits per heavy atom. The average Bonchev–Trinajstić information content (AvgIpc) is 3.25. The van der Waals surface area contributed by atoms with Crippen molar-refractivity contribution in [2.45, 2.75) is 39.2 Å². The monoisotopic (exact) mass is 414 g/mol. The zero-order valence-corrected chi connectivity index (χ0v) is 18.0. The second-order valence-electron chi connectivity index (χ2n) is 7.98. The molecule has 162 valence electrons. The fourth-order valence-electron chi connectivity index (χ4n) is 4.11. The quantitative estimate of drug-likeness (QED) is 0.744. The summed E-state index contributed by atoms with van der Waals surface area (Å²) in [5, 5.41) is 0. The van der Waals surface area contributed by atoms with Crippen LogP contribution in [0, 0.1) is 13.8 Å². The van der Waals surface area contributed by atoms with Crippen molar-refractivity contribution in [2.75, 3.05) is 51.4 Å². The highest BCUT2D eigenvalue weighted by molar-refractivity contribution is 5.91. The number of likely N-dealkylation sites (tertiary alicyclic amines) is 1. The largest absolute Gasteiger partial charge is 0.453 e. The van der Waals surface area contributed by atoms with Gasteiger partial charge in [-0.2, -0.15) is 0 Å². The summed E-state index contributed by atoms with van der Waals surface area (Å²) in [5.74, 6) is 3.15. The number of amides is 1. The van der Waals surface area contributed by atoms with Gasteiger partial charge >= 0.3 is 0 Å². The second-order valence-corrected chi connectivity index (χ2v) is 7.98. The molecule has 0 unspecified atom stereocenters. The van der Waals surface area contributed by atoms with Gasteiger partial charge < -0.3 is 23.7 Å². The standard InChI is InChI=1S/C22H30N4O4/c1-15-16(2)23-20(24-21(15)25-10-12-29-13-11-25)17-6-8-26(9-7-17)22(27)19-5-4-18(30-19)14-28-3/h4-5,17H,6-14H2,1-3H3. The molecule has 2 fully saturated rings. The van der Waals surface area contributed by atoms with Gasteiger partial charge in [-0.25, -0.2) is 9.97 Å². The van der Waals surface area contributed by atoms with Crippen molar-refractivity contribution in [3.8, 4) is 0 Å². The Labute approximate surface area is 177 Å². The maximum atomic E-state index is 12.8. The molecule has 8 heteroatoms. The van der Waals surface area contributed by atoms with Gasteiger partial charge in [0, 0.05) is 50.5 Å². The van der Waals surface area contributed by atoms with Crippen LogP contribution in [-0.2, 0) is 16.1 Å². The summed E-state index contributed by atoms with van der Waals surface area (Å²) in [6.45, 7) is 9.04. The molecule has 2 aromatic rings. The number of piperidine rings is 1. The van der Waals surface area contributed by atoms with Crippen molar-refractivity contribution in [3.05, 3.63) is 40.7 Å². The van der Waals surface area contributed by atoms with E-state index < -0.39 is 0 Å². The normalized spacial score (nSPS) is 18.1. The Kier molecular flexibility index (Phi) is 6.34. The smallest absolute Gasteiger partial charge is 0.289 e. The van der Waals surface area contributed by atoms with Crippen LogP contribution in [0.25, 0.3) is 0 Å². The third-order valence-corrected chi connectivity index (χ3v) is 6.00. The number of carbonyl (C=O) groups is 1. The van der Waals surface area contributed by atoms with E-state index in [9.17, 15) is 4.79 Å². The molecule has 30 heavy (non-hydrogen) atoms. The van der Waals surface area contributed by atoms with E-state index in [-0.39, 0.29) is 11.8 Å². The molecule has 2 aromatic heterocycles. The Bertz CT molecular complexity index is 883. The van der Waals surface area contributed by atoms with Crippen LogP contribution in [0.2, 0.25) is 0 Å². The van der Waals surface area contributed by atoms with Crippen molar-refractivity contribution in [3.63, 3.8) is 0 Å². The number of aryl methyl sites for hydroxylation is 1. The number of anilines is 1. The highest BCUT2D eigenvalue weighted by Gasteiger charge is 2.29. The van der Waals surface area contributed by atoms with E-state index >= 15 is 0 Å². The molecule has 4 rings (SSSR count). The molecule has 0 aliphatic carbocycles. The van der Waals surface area contributed by atoms with E-state index in [1.807, 2.05) is 4.90 Å². The van der Waals surface area contributed by atoms with Crippen LogP contribution in [0.4, 0.5) is 5.82 Å². The third kappa shape index (κ3) is 4.34. The Hall–Kier alpha value is -2.45. The number of morpholine rings is 1. The molecule has 0 aromatic carbocycles. The first kappa shape index (κ1) is 20.8. The SMILES string of the molecule is COCc1ccc(C(=O)N2CCC(c3nc(C)c(C)c(N4CCOCC4)n3)CC2)o1. The van der Waals surface area contributed by atoms with Crippen molar-refractivity contribution in [1.29, 1.82) is 0 Å². The highest BCUT2D eigenvalue weighted by Crippen LogP contribution is 2.30. The zero-order valence-electron chi connectivity index (χ0n) is 18.0. The molecule has 8 nitrogen and oxygen atoms in total. The topological polar surface area (TPSA) is 80.9 Å². The predicted molar refractivity (Wildman–Crippen MR) is 112 cm³/mol. The minimum Gasteiger partial charge on any atom is -0.453 e. The van der Waals surface area contributed by atoms with Gasteiger partial charge in [0.2, 0.25) is 0 Å². The summed E-state index contributed by atoms with van der Waals surface area (Å²) in [6, 6.07) is 3.52. The fourth-order valence-corrected chi connectivity index (χ4v) is 4.11. The zero-order chi connectivity index (χ0) is 21.1. The van der Waals surface area contributed by atoms with Crippen molar-refractivity contribution in [1.82, 2.24) is 14.9 Å². The van der Waals surface area contributed by atoms with Gasteiger partial charge in [-0.3, -0.25) is 4.79 Å². The molecule has 2 aliphatic heterocycles. The summed E-state index contributed by atoms with van der Waals surface area (Å²) in [6.07, 6.45) is 1.70. The van der Waals surface area contributed by atoms with Gasteiger partial charge in [-0.15, -0.1) is 0 Å². The van der Waals surface area contributed by atoms with Gasteiger partial charge in [0.05, 0.1) is 13.2 Å². The number of ether oxygens (including phenoxy) is 2. The molecular weight excluding hydrogens is 384 g/mol. The Morgan fingerprint density at radius 1 is 1.13 bits per heavy atom. The van der Waals surface area contributed by atoms with Crippen molar-refractivity contribution >= 4 is 11.7 Å². The van der Waals surface area contributed by atoms with Crippen molar-refractivity contribution in [2.24, 2.45) is 0 Å². The lowest BCUT2D eigenvalue weighted by Crippen LogP contribution is -2.39. The first-order chi connectivity index (χ1) is 14.6. The molecule has 2 aliphatic rings. The van der Waals surface area contributed by atoms with Gasteiger partial charge in [0.25, 0.3) is 5.91 Å². The molecule has 0 saturated carbocycles. The van der Waals surface area contributed by atoms with E-state index in [0.29, 0.717) is 31.2 Å². The molecule has 0 spiro atoms. The van der Waals surface area contributed by atoms with Crippen LogP contribution < -0.4 is 4.90 Å². The second kappa shape index (κ2) is 9.14.